The summed E-state index contributed by atoms with van der Waals surface area (Å²) in [5.74, 6) is -2.39. The maximum Gasteiger partial charge on any atom is 0.338 e. The number of hydrogen-bond acceptors (Lipinski definition) is 3. The molecule has 1 aromatic rings. The van der Waals surface area contributed by atoms with Gasteiger partial charge in [0.1, 0.15) is 5.82 Å². The molecule has 0 amide bonds. The zero-order chi connectivity index (χ0) is 16.2. The molecular weight excluding hydrogens is 297 g/mol. The number of halogens is 1. The molecule has 1 rings (SSSR count). The molecule has 7 heteroatoms. The summed E-state index contributed by atoms with van der Waals surface area (Å²) in [6.07, 6.45) is 1.29. The summed E-state index contributed by atoms with van der Waals surface area (Å²) in [7, 11) is -3.82. The minimum absolute atomic E-state index is 0.00132. The molecule has 0 aliphatic heterocycles. The van der Waals surface area contributed by atoms with Crippen LogP contribution in [-0.4, -0.2) is 36.9 Å². The number of carboxylic acid groups (broad SMARTS) is 1. The molecule has 0 unspecified atom stereocenters. The van der Waals surface area contributed by atoms with Crippen LogP contribution in [0, 0.1) is 12.7 Å². The molecule has 1 aromatic carbocycles. The van der Waals surface area contributed by atoms with Gasteiger partial charge >= 0.3 is 5.97 Å². The van der Waals surface area contributed by atoms with E-state index < -0.39 is 27.4 Å². The van der Waals surface area contributed by atoms with Crippen LogP contribution >= 0.6 is 0 Å². The first-order valence-electron chi connectivity index (χ1n) is 6.79. The highest BCUT2D eigenvalue weighted by molar-refractivity contribution is 7.89. The average Bonchev–Trinajstić information content (AvgIpc) is 2.40. The molecule has 0 aromatic heterocycles. The number of carbonyl (C=O) groups is 1. The van der Waals surface area contributed by atoms with E-state index >= 15 is 0 Å². The number of hydrogen-bond donors (Lipinski definition) is 1. The van der Waals surface area contributed by atoms with Crippen LogP contribution in [0.2, 0.25) is 0 Å². The van der Waals surface area contributed by atoms with Gasteiger partial charge in [-0.25, -0.2) is 17.6 Å². The van der Waals surface area contributed by atoms with Crippen molar-refractivity contribution in [3.63, 3.8) is 0 Å². The van der Waals surface area contributed by atoms with E-state index in [0.29, 0.717) is 25.9 Å². The fraction of sp³-hybridized carbons (Fsp3) is 0.500. The smallest absolute Gasteiger partial charge is 0.338 e. The number of nitrogens with zero attached hydrogens (tertiary/aromatic N) is 1. The van der Waals surface area contributed by atoms with Crippen molar-refractivity contribution in [3.05, 3.63) is 29.1 Å². The van der Waals surface area contributed by atoms with Crippen molar-refractivity contribution in [1.29, 1.82) is 0 Å². The average molecular weight is 317 g/mol. The second kappa shape index (κ2) is 7.00. The normalized spacial score (nSPS) is 11.9. The summed E-state index contributed by atoms with van der Waals surface area (Å²) < 4.78 is 40.1. The third kappa shape index (κ3) is 3.79. The molecule has 0 saturated carbocycles. The molecule has 0 saturated heterocycles. The van der Waals surface area contributed by atoms with Crippen molar-refractivity contribution < 1.29 is 22.7 Å². The minimum atomic E-state index is -3.82. The molecule has 1 N–H and O–H groups in total. The first-order chi connectivity index (χ1) is 9.75. The maximum atomic E-state index is 13.7. The van der Waals surface area contributed by atoms with Crippen LogP contribution in [0.1, 0.15) is 42.6 Å². The third-order valence-corrected chi connectivity index (χ3v) is 4.92. The second-order valence-electron chi connectivity index (χ2n) is 4.81. The number of benzene rings is 1. The van der Waals surface area contributed by atoms with E-state index in [1.165, 1.54) is 17.3 Å². The lowest BCUT2D eigenvalue weighted by Gasteiger charge is -2.21. The van der Waals surface area contributed by atoms with Crippen LogP contribution in [0.15, 0.2) is 17.0 Å². The minimum Gasteiger partial charge on any atom is -0.478 e. The van der Waals surface area contributed by atoms with Gasteiger partial charge in [-0.15, -0.1) is 0 Å². The summed E-state index contributed by atoms with van der Waals surface area (Å²) >= 11 is 0. The van der Waals surface area contributed by atoms with Gasteiger partial charge < -0.3 is 5.11 Å². The predicted octanol–water partition coefficient (Wildman–Crippen LogP) is 2.64. The van der Waals surface area contributed by atoms with Crippen molar-refractivity contribution in [2.24, 2.45) is 0 Å². The van der Waals surface area contributed by atoms with Gasteiger partial charge in [0.15, 0.2) is 0 Å². The van der Waals surface area contributed by atoms with E-state index in [4.69, 9.17) is 5.11 Å². The standard InChI is InChI=1S/C14H20FNO4S/c1-4-6-16(7-5-2)21(19,20)11-8-10(3)13(15)12(9-11)14(17)18/h8-9H,4-7H2,1-3H3,(H,17,18). The Bertz CT molecular complexity index is 622. The van der Waals surface area contributed by atoms with E-state index in [9.17, 15) is 17.6 Å². The first kappa shape index (κ1) is 17.6. The Morgan fingerprint density at radius 2 is 1.76 bits per heavy atom. The molecule has 0 aliphatic rings. The Balaban J connectivity index is 3.40. The Morgan fingerprint density at radius 1 is 1.24 bits per heavy atom. The summed E-state index contributed by atoms with van der Waals surface area (Å²) in [5.41, 5.74) is -0.622. The number of carboxylic acids is 1. The van der Waals surface area contributed by atoms with Gasteiger partial charge in [0, 0.05) is 13.1 Å². The third-order valence-electron chi connectivity index (χ3n) is 3.04. The number of aromatic carboxylic acids is 1. The molecule has 0 radical (unpaired) electrons. The van der Waals surface area contributed by atoms with Gasteiger partial charge in [-0.1, -0.05) is 13.8 Å². The van der Waals surface area contributed by atoms with Crippen molar-refractivity contribution in [2.75, 3.05) is 13.1 Å². The van der Waals surface area contributed by atoms with Gasteiger partial charge in [0.2, 0.25) is 10.0 Å². The van der Waals surface area contributed by atoms with Crippen LogP contribution < -0.4 is 0 Å². The fourth-order valence-electron chi connectivity index (χ4n) is 2.04. The van der Waals surface area contributed by atoms with E-state index in [0.717, 1.165) is 6.07 Å². The van der Waals surface area contributed by atoms with Crippen molar-refractivity contribution >= 4 is 16.0 Å². The summed E-state index contributed by atoms with van der Waals surface area (Å²) in [6, 6.07) is 2.06. The molecule has 118 valence electrons. The predicted molar refractivity (Wildman–Crippen MR) is 77.4 cm³/mol. The monoisotopic (exact) mass is 317 g/mol. The topological polar surface area (TPSA) is 74.7 Å². The first-order valence-corrected chi connectivity index (χ1v) is 8.23. The lowest BCUT2D eigenvalue weighted by molar-refractivity contribution is 0.0691. The van der Waals surface area contributed by atoms with Gasteiger partial charge in [-0.3, -0.25) is 0 Å². The van der Waals surface area contributed by atoms with E-state index in [-0.39, 0.29) is 10.5 Å². The molecule has 0 spiro atoms. The zero-order valence-corrected chi connectivity index (χ0v) is 13.2. The van der Waals surface area contributed by atoms with Crippen LogP contribution in [0.4, 0.5) is 4.39 Å². The molecule has 21 heavy (non-hydrogen) atoms. The van der Waals surface area contributed by atoms with Gasteiger partial charge in [-0.2, -0.15) is 4.31 Å². The van der Waals surface area contributed by atoms with Crippen molar-refractivity contribution in [3.8, 4) is 0 Å². The summed E-state index contributed by atoms with van der Waals surface area (Å²) in [4.78, 5) is 10.8. The quantitative estimate of drug-likeness (QED) is 0.839. The van der Waals surface area contributed by atoms with Crippen LogP contribution in [0.3, 0.4) is 0 Å². The second-order valence-corrected chi connectivity index (χ2v) is 6.75. The Kier molecular flexibility index (Phi) is 5.86. The fourth-order valence-corrected chi connectivity index (χ4v) is 3.78. The molecular formula is C14H20FNO4S. The van der Waals surface area contributed by atoms with Gasteiger partial charge in [0.25, 0.3) is 0 Å². The molecule has 0 heterocycles. The highest BCUT2D eigenvalue weighted by atomic mass is 32.2. The van der Waals surface area contributed by atoms with Crippen molar-refractivity contribution in [2.45, 2.75) is 38.5 Å². The van der Waals surface area contributed by atoms with Gasteiger partial charge in [-0.05, 0) is 37.5 Å². The van der Waals surface area contributed by atoms with Crippen LogP contribution in [0.25, 0.3) is 0 Å². The Labute approximate surface area is 124 Å². The molecule has 0 atom stereocenters. The van der Waals surface area contributed by atoms with E-state index in [2.05, 4.69) is 0 Å². The Morgan fingerprint density at radius 3 is 2.19 bits per heavy atom. The summed E-state index contributed by atoms with van der Waals surface area (Å²) in [5, 5.41) is 8.98. The molecule has 0 bridgehead atoms. The number of rotatable bonds is 7. The highest BCUT2D eigenvalue weighted by Crippen LogP contribution is 2.23. The van der Waals surface area contributed by atoms with Gasteiger partial charge in [0.05, 0.1) is 10.5 Å². The van der Waals surface area contributed by atoms with Crippen molar-refractivity contribution in [1.82, 2.24) is 4.31 Å². The van der Waals surface area contributed by atoms with E-state index in [1.807, 2.05) is 13.8 Å². The zero-order valence-electron chi connectivity index (χ0n) is 12.4. The largest absolute Gasteiger partial charge is 0.478 e. The number of sulfonamides is 1. The maximum absolute atomic E-state index is 13.7. The van der Waals surface area contributed by atoms with Crippen LogP contribution in [0.5, 0.6) is 0 Å². The van der Waals surface area contributed by atoms with E-state index in [1.54, 1.807) is 0 Å². The molecule has 0 fully saturated rings. The number of aryl methyl sites for hydroxylation is 1. The lowest BCUT2D eigenvalue weighted by atomic mass is 10.1. The highest BCUT2D eigenvalue weighted by Gasteiger charge is 2.26. The lowest BCUT2D eigenvalue weighted by Crippen LogP contribution is -2.32. The Hall–Kier alpha value is -1.47. The van der Waals surface area contributed by atoms with Crippen LogP contribution in [-0.2, 0) is 10.0 Å². The molecule has 0 aliphatic carbocycles. The molecule has 5 nitrogen and oxygen atoms in total. The summed E-state index contributed by atoms with van der Waals surface area (Å²) in [6.45, 7) is 5.75. The SMILES string of the molecule is CCCN(CCC)S(=O)(=O)c1cc(C)c(F)c(C(=O)O)c1.